The second-order valence-corrected chi connectivity index (χ2v) is 7.40. The summed E-state index contributed by atoms with van der Waals surface area (Å²) in [5.41, 5.74) is 3.99. The Balaban J connectivity index is 2.29. The molecule has 12 nitrogen and oxygen atoms in total. The van der Waals surface area contributed by atoms with E-state index in [1.165, 1.54) is 16.7 Å². The molecule has 0 saturated heterocycles. The minimum Gasteiger partial charge on any atom is -0.451 e. The maximum absolute atomic E-state index is 12.9. The lowest BCUT2D eigenvalue weighted by atomic mass is 10.2. The van der Waals surface area contributed by atoms with E-state index in [9.17, 15) is 24.0 Å². The molecule has 2 heterocycles. The van der Waals surface area contributed by atoms with Crippen LogP contribution in [0.5, 0.6) is 0 Å². The number of hydrogen-bond donors (Lipinski definition) is 2. The molecule has 3 N–H and O–H groups in total. The SMILES string of the molecule is CCCCN(C(=O)COC(=O)c1ccc(=O)n(CCC)n1)c1c(N)n(CCC)c(=O)[nH]c1=O. The number of unbranched alkanes of at least 4 members (excludes halogenated alkanes) is 1. The number of esters is 1. The Morgan fingerprint density at radius 3 is 2.42 bits per heavy atom. The lowest BCUT2D eigenvalue weighted by Gasteiger charge is -2.24. The standard InChI is InChI=1S/C21H30N6O6/c1-4-7-12-25(17-18(22)26(10-5-2)21(32)23-19(17)30)16(29)13-33-20(31)14-8-9-15(28)27(24-14)11-6-3/h8-9H,4-7,10-13,22H2,1-3H3,(H,23,30,32). The Hall–Kier alpha value is -3.70. The number of amides is 1. The van der Waals surface area contributed by atoms with Crippen LogP contribution in [0.4, 0.5) is 11.5 Å². The Morgan fingerprint density at radius 1 is 1.09 bits per heavy atom. The number of carbonyl (C=O) groups is 2. The molecular weight excluding hydrogens is 432 g/mol. The van der Waals surface area contributed by atoms with Crippen LogP contribution in [-0.4, -0.2) is 44.4 Å². The first-order chi connectivity index (χ1) is 15.7. The molecule has 12 heteroatoms. The monoisotopic (exact) mass is 462 g/mol. The molecule has 0 aromatic carbocycles. The van der Waals surface area contributed by atoms with Gasteiger partial charge < -0.3 is 15.4 Å². The molecule has 0 radical (unpaired) electrons. The number of nitrogens with zero attached hydrogens (tertiary/aromatic N) is 4. The normalized spacial score (nSPS) is 10.8. The van der Waals surface area contributed by atoms with Gasteiger partial charge in [-0.15, -0.1) is 0 Å². The van der Waals surface area contributed by atoms with E-state index in [0.717, 1.165) is 16.0 Å². The van der Waals surface area contributed by atoms with Crippen molar-refractivity contribution in [2.45, 2.75) is 59.5 Å². The van der Waals surface area contributed by atoms with Crippen LogP contribution in [0.1, 0.15) is 56.9 Å². The van der Waals surface area contributed by atoms with Gasteiger partial charge in [0.15, 0.2) is 18.0 Å². The lowest BCUT2D eigenvalue weighted by molar-refractivity contribution is -0.121. The highest BCUT2D eigenvalue weighted by Gasteiger charge is 2.25. The van der Waals surface area contributed by atoms with Gasteiger partial charge in [-0.25, -0.2) is 14.3 Å². The van der Waals surface area contributed by atoms with E-state index in [1.54, 1.807) is 0 Å². The van der Waals surface area contributed by atoms with Gasteiger partial charge in [0.05, 0.1) is 0 Å². The molecule has 2 aromatic rings. The lowest BCUT2D eigenvalue weighted by Crippen LogP contribution is -2.43. The first-order valence-electron chi connectivity index (χ1n) is 10.9. The van der Waals surface area contributed by atoms with Crippen LogP contribution in [0.15, 0.2) is 26.5 Å². The molecule has 33 heavy (non-hydrogen) atoms. The second-order valence-electron chi connectivity index (χ2n) is 7.40. The predicted molar refractivity (Wildman–Crippen MR) is 122 cm³/mol. The zero-order valence-electron chi connectivity index (χ0n) is 19.1. The number of aryl methyl sites for hydroxylation is 1. The minimum atomic E-state index is -0.888. The van der Waals surface area contributed by atoms with E-state index in [1.807, 2.05) is 20.8 Å². The molecule has 0 atom stereocenters. The Kier molecular flexibility index (Phi) is 9.13. The summed E-state index contributed by atoms with van der Waals surface area (Å²) in [6.45, 7) is 5.67. The number of nitrogens with one attached hydrogen (secondary N) is 1. The summed E-state index contributed by atoms with van der Waals surface area (Å²) >= 11 is 0. The van der Waals surface area contributed by atoms with E-state index in [4.69, 9.17) is 10.5 Å². The Labute approximate surface area is 190 Å². The number of ether oxygens (including phenoxy) is 1. The van der Waals surface area contributed by atoms with Crippen LogP contribution in [0.25, 0.3) is 0 Å². The Bertz CT molecular complexity index is 1170. The number of H-pyrrole nitrogens is 1. The average Bonchev–Trinajstić information content (AvgIpc) is 2.78. The molecule has 0 aliphatic rings. The summed E-state index contributed by atoms with van der Waals surface area (Å²) in [5, 5.41) is 3.95. The van der Waals surface area contributed by atoms with Crippen LogP contribution in [0, 0.1) is 0 Å². The van der Waals surface area contributed by atoms with E-state index in [-0.39, 0.29) is 35.8 Å². The van der Waals surface area contributed by atoms with Crippen LogP contribution >= 0.6 is 0 Å². The molecule has 0 unspecified atom stereocenters. The molecule has 0 spiro atoms. The third-order valence-electron chi connectivity index (χ3n) is 4.81. The fourth-order valence-corrected chi connectivity index (χ4v) is 3.17. The summed E-state index contributed by atoms with van der Waals surface area (Å²) in [6, 6.07) is 2.42. The molecule has 0 bridgehead atoms. The first-order valence-corrected chi connectivity index (χ1v) is 10.9. The second kappa shape index (κ2) is 11.8. The van der Waals surface area contributed by atoms with Gasteiger partial charge in [-0.2, -0.15) is 5.10 Å². The molecular formula is C21H30N6O6. The van der Waals surface area contributed by atoms with Crippen molar-refractivity contribution >= 4 is 23.4 Å². The number of rotatable bonds is 11. The maximum Gasteiger partial charge on any atom is 0.359 e. The van der Waals surface area contributed by atoms with Gasteiger partial charge in [-0.05, 0) is 25.3 Å². The van der Waals surface area contributed by atoms with E-state index >= 15 is 0 Å². The molecule has 0 aliphatic heterocycles. The average molecular weight is 463 g/mol. The molecule has 0 saturated carbocycles. The van der Waals surface area contributed by atoms with Gasteiger partial charge in [-0.3, -0.25) is 23.9 Å². The molecule has 0 fully saturated rings. The van der Waals surface area contributed by atoms with Gasteiger partial charge in [0.2, 0.25) is 0 Å². The third-order valence-corrected chi connectivity index (χ3v) is 4.81. The van der Waals surface area contributed by atoms with E-state index in [0.29, 0.717) is 25.8 Å². The van der Waals surface area contributed by atoms with Crippen molar-refractivity contribution < 1.29 is 14.3 Å². The van der Waals surface area contributed by atoms with Crippen molar-refractivity contribution in [1.82, 2.24) is 19.3 Å². The molecule has 0 aliphatic carbocycles. The zero-order chi connectivity index (χ0) is 24.5. The van der Waals surface area contributed by atoms with Gasteiger partial charge in [-0.1, -0.05) is 27.2 Å². The fourth-order valence-electron chi connectivity index (χ4n) is 3.17. The summed E-state index contributed by atoms with van der Waals surface area (Å²) < 4.78 is 7.43. The number of carbonyl (C=O) groups excluding carboxylic acids is 2. The smallest absolute Gasteiger partial charge is 0.359 e. The van der Waals surface area contributed by atoms with Crippen molar-refractivity contribution in [3.05, 3.63) is 49.0 Å². The van der Waals surface area contributed by atoms with Crippen LogP contribution in [-0.2, 0) is 22.6 Å². The number of anilines is 2. The van der Waals surface area contributed by atoms with Crippen molar-refractivity contribution in [3.8, 4) is 0 Å². The summed E-state index contributed by atoms with van der Waals surface area (Å²) in [6.07, 6.45) is 2.50. The highest BCUT2D eigenvalue weighted by Crippen LogP contribution is 2.18. The predicted octanol–water partition coefficient (Wildman–Crippen LogP) is 0.486. The quantitative estimate of drug-likeness (QED) is 0.456. The van der Waals surface area contributed by atoms with E-state index < -0.39 is 29.7 Å². The summed E-state index contributed by atoms with van der Waals surface area (Å²) in [5.74, 6) is -1.70. The fraction of sp³-hybridized carbons (Fsp3) is 0.524. The minimum absolute atomic E-state index is 0.121. The van der Waals surface area contributed by atoms with Gasteiger partial charge >= 0.3 is 11.7 Å². The number of nitrogens with two attached hydrogens (primary N) is 1. The zero-order valence-corrected chi connectivity index (χ0v) is 19.1. The molecule has 2 aromatic heterocycles. The topological polar surface area (TPSA) is 162 Å². The van der Waals surface area contributed by atoms with Crippen LogP contribution in [0.2, 0.25) is 0 Å². The largest absolute Gasteiger partial charge is 0.451 e. The Morgan fingerprint density at radius 2 is 1.79 bits per heavy atom. The molecule has 1 amide bonds. The van der Waals surface area contributed by atoms with Gasteiger partial charge in [0.25, 0.3) is 17.0 Å². The van der Waals surface area contributed by atoms with Gasteiger partial charge in [0.1, 0.15) is 5.82 Å². The summed E-state index contributed by atoms with van der Waals surface area (Å²) in [7, 11) is 0. The van der Waals surface area contributed by atoms with Crippen molar-refractivity contribution in [3.63, 3.8) is 0 Å². The number of aromatic amines is 1. The number of hydrogen-bond acceptors (Lipinski definition) is 8. The van der Waals surface area contributed by atoms with Crippen LogP contribution < -0.4 is 27.4 Å². The third kappa shape index (κ3) is 6.18. The number of nitrogen functional groups attached to an aromatic ring is 1. The summed E-state index contributed by atoms with van der Waals surface area (Å²) in [4.78, 5) is 65.1. The molecule has 2 rings (SSSR count). The maximum atomic E-state index is 12.9. The van der Waals surface area contributed by atoms with Gasteiger partial charge in [0, 0.05) is 25.7 Å². The van der Waals surface area contributed by atoms with Crippen molar-refractivity contribution in [2.24, 2.45) is 0 Å². The highest BCUT2D eigenvalue weighted by atomic mass is 16.5. The first kappa shape index (κ1) is 25.6. The van der Waals surface area contributed by atoms with E-state index in [2.05, 4.69) is 10.1 Å². The number of aromatic nitrogens is 4. The molecule has 180 valence electrons. The highest BCUT2D eigenvalue weighted by molar-refractivity contribution is 5.98. The van der Waals surface area contributed by atoms with Crippen molar-refractivity contribution in [1.29, 1.82) is 0 Å². The van der Waals surface area contributed by atoms with Crippen molar-refractivity contribution in [2.75, 3.05) is 23.8 Å². The van der Waals surface area contributed by atoms with Crippen LogP contribution in [0.3, 0.4) is 0 Å².